The molecule has 26 heavy (non-hydrogen) atoms. The quantitative estimate of drug-likeness (QED) is 0.680. The summed E-state index contributed by atoms with van der Waals surface area (Å²) in [5.74, 6) is 0. The molecule has 0 bridgehead atoms. The molecule has 3 N–H and O–H groups in total. The van der Waals surface area contributed by atoms with Crippen LogP contribution in [0, 0.1) is 0 Å². The zero-order valence-corrected chi connectivity index (χ0v) is 16.2. The number of fused-ring (bicyclic) bond motifs is 1. The maximum atomic E-state index is 4.44. The van der Waals surface area contributed by atoms with Gasteiger partial charge < -0.3 is 20.9 Å². The number of rotatable bonds is 5. The molecule has 2 atom stereocenters. The van der Waals surface area contributed by atoms with E-state index in [0.717, 1.165) is 48.2 Å². The van der Waals surface area contributed by atoms with Crippen molar-refractivity contribution in [2.75, 3.05) is 26.7 Å². The summed E-state index contributed by atoms with van der Waals surface area (Å²) in [6.07, 6.45) is 9.02. The Bertz CT molecular complexity index is 862. The van der Waals surface area contributed by atoms with Crippen LogP contribution in [-0.2, 0) is 6.54 Å². The lowest BCUT2D eigenvalue weighted by Crippen LogP contribution is -2.34. The van der Waals surface area contributed by atoms with Crippen molar-refractivity contribution in [3.63, 3.8) is 0 Å². The predicted molar refractivity (Wildman–Crippen MR) is 109 cm³/mol. The molecule has 136 valence electrons. The van der Waals surface area contributed by atoms with Gasteiger partial charge in [0.1, 0.15) is 0 Å². The highest BCUT2D eigenvalue weighted by Crippen LogP contribution is 2.22. The van der Waals surface area contributed by atoms with Crippen molar-refractivity contribution < 1.29 is 0 Å². The van der Waals surface area contributed by atoms with Crippen molar-refractivity contribution in [2.45, 2.75) is 19.0 Å². The monoisotopic (exact) mass is 368 g/mol. The summed E-state index contributed by atoms with van der Waals surface area (Å²) in [5.41, 5.74) is 5.52. The van der Waals surface area contributed by atoms with Crippen LogP contribution in [0.2, 0.25) is 0 Å². The number of nitrogens with zero attached hydrogens (tertiary/aromatic N) is 3. The van der Waals surface area contributed by atoms with Gasteiger partial charge in [0.25, 0.3) is 0 Å². The van der Waals surface area contributed by atoms with E-state index < -0.39 is 0 Å². The second-order valence-electron chi connectivity index (χ2n) is 6.74. The number of hydrogen-bond donors (Lipinski definition) is 3. The highest BCUT2D eigenvalue weighted by molar-refractivity contribution is 7.28. The van der Waals surface area contributed by atoms with Gasteiger partial charge in [-0.2, -0.15) is 0 Å². The molecule has 2 aliphatic rings. The Hall–Kier alpha value is -2.17. The van der Waals surface area contributed by atoms with Crippen molar-refractivity contribution >= 4 is 25.6 Å². The molecule has 1 fully saturated rings. The Kier molecular flexibility index (Phi) is 5.05. The second-order valence-corrected chi connectivity index (χ2v) is 7.36. The number of benzene rings is 1. The van der Waals surface area contributed by atoms with E-state index in [0.29, 0.717) is 6.04 Å². The third kappa shape index (κ3) is 3.53. The summed E-state index contributed by atoms with van der Waals surface area (Å²) < 4.78 is 0. The summed E-state index contributed by atoms with van der Waals surface area (Å²) >= 11 is 0. The minimum absolute atomic E-state index is 0.575. The van der Waals surface area contributed by atoms with Gasteiger partial charge in [0.2, 0.25) is 0 Å². The molecule has 2 unspecified atom stereocenters. The molecule has 1 aromatic heterocycles. The molecule has 2 aromatic rings. The topological polar surface area (TPSA) is 65.1 Å². The Balaban J connectivity index is 1.48. The zero-order valence-electron chi connectivity index (χ0n) is 15.0. The van der Waals surface area contributed by atoms with Crippen molar-refractivity contribution in [3.8, 4) is 0 Å². The summed E-state index contributed by atoms with van der Waals surface area (Å²) in [7, 11) is 4.81. The van der Waals surface area contributed by atoms with Crippen molar-refractivity contribution in [2.24, 2.45) is 0 Å². The molecule has 0 spiro atoms. The standard InChI is InChI=1S/C19H25N6P/c1-20-14-3-7-25(12-14)17-2-4-21-11-16(17)24-10-13-8-15-19(18(26)9-13)23-6-5-22-15/h2,5-6,8-9,11,14,20-21,24H,3-4,7,10,12,26H2,1H3. The molecule has 7 heteroatoms. The number of aromatic nitrogens is 2. The number of nitrogens with one attached hydrogen (secondary N) is 3. The van der Waals surface area contributed by atoms with Crippen molar-refractivity contribution in [1.82, 2.24) is 30.8 Å². The predicted octanol–water partition coefficient (Wildman–Crippen LogP) is 0.842. The van der Waals surface area contributed by atoms with Gasteiger partial charge >= 0.3 is 0 Å². The van der Waals surface area contributed by atoms with E-state index in [1.54, 1.807) is 12.4 Å². The van der Waals surface area contributed by atoms with Crippen LogP contribution >= 0.6 is 9.24 Å². The highest BCUT2D eigenvalue weighted by Gasteiger charge is 2.25. The van der Waals surface area contributed by atoms with E-state index in [2.05, 4.69) is 64.5 Å². The van der Waals surface area contributed by atoms with Crippen LogP contribution in [0.3, 0.4) is 0 Å². The zero-order chi connectivity index (χ0) is 17.9. The fourth-order valence-corrected chi connectivity index (χ4v) is 4.05. The Morgan fingerprint density at radius 3 is 3.04 bits per heavy atom. The van der Waals surface area contributed by atoms with Gasteiger partial charge in [0.15, 0.2) is 0 Å². The fraction of sp³-hybridized carbons (Fsp3) is 0.368. The van der Waals surface area contributed by atoms with Crippen LogP contribution in [0.1, 0.15) is 12.0 Å². The van der Waals surface area contributed by atoms with Crippen LogP contribution in [0.5, 0.6) is 0 Å². The molecule has 0 saturated carbocycles. The van der Waals surface area contributed by atoms with Crippen LogP contribution in [-0.4, -0.2) is 47.6 Å². The first-order valence-electron chi connectivity index (χ1n) is 9.04. The van der Waals surface area contributed by atoms with Crippen LogP contribution in [0.15, 0.2) is 48.2 Å². The molecule has 1 saturated heterocycles. The molecule has 0 radical (unpaired) electrons. The van der Waals surface area contributed by atoms with Gasteiger partial charge in [0, 0.05) is 50.8 Å². The average molecular weight is 368 g/mol. The molecule has 6 nitrogen and oxygen atoms in total. The first kappa shape index (κ1) is 17.3. The molecule has 0 aliphatic carbocycles. The van der Waals surface area contributed by atoms with Gasteiger partial charge in [-0.1, -0.05) is 0 Å². The molecule has 1 aromatic carbocycles. The lowest BCUT2D eigenvalue weighted by molar-refractivity contribution is 0.408. The van der Waals surface area contributed by atoms with E-state index in [9.17, 15) is 0 Å². The summed E-state index contributed by atoms with van der Waals surface area (Å²) in [4.78, 5) is 11.3. The summed E-state index contributed by atoms with van der Waals surface area (Å²) in [6, 6.07) is 4.84. The van der Waals surface area contributed by atoms with Gasteiger partial charge in [0.05, 0.1) is 22.4 Å². The normalized spacial score (nSPS) is 19.9. The highest BCUT2D eigenvalue weighted by atomic mass is 31.0. The SMILES string of the molecule is CNC1CCN(C2=CCNC=C2NCc2cc(P)c3nccnc3c2)C1. The number of likely N-dealkylation sites (N-methyl/N-ethyl adjacent to an activating group) is 1. The molecule has 4 rings (SSSR count). The minimum atomic E-state index is 0.575. The maximum absolute atomic E-state index is 4.44. The van der Waals surface area contributed by atoms with Crippen molar-refractivity contribution in [3.05, 3.63) is 53.8 Å². The van der Waals surface area contributed by atoms with Gasteiger partial charge in [-0.15, -0.1) is 9.24 Å². The maximum Gasteiger partial charge on any atom is 0.0958 e. The van der Waals surface area contributed by atoms with E-state index in [1.165, 1.54) is 17.7 Å². The van der Waals surface area contributed by atoms with Crippen LogP contribution in [0.4, 0.5) is 0 Å². The fourth-order valence-electron chi connectivity index (χ4n) is 3.62. The largest absolute Gasteiger partial charge is 0.386 e. The first-order valence-corrected chi connectivity index (χ1v) is 9.61. The van der Waals surface area contributed by atoms with Crippen LogP contribution < -0.4 is 21.3 Å². The van der Waals surface area contributed by atoms with E-state index >= 15 is 0 Å². The third-order valence-electron chi connectivity index (χ3n) is 5.02. The van der Waals surface area contributed by atoms with Crippen LogP contribution in [0.25, 0.3) is 11.0 Å². The van der Waals surface area contributed by atoms with Crippen molar-refractivity contribution in [1.29, 1.82) is 0 Å². The Morgan fingerprint density at radius 2 is 2.19 bits per heavy atom. The number of dihydropyridines is 1. The molecular weight excluding hydrogens is 343 g/mol. The average Bonchev–Trinajstić information content (AvgIpc) is 3.16. The minimum Gasteiger partial charge on any atom is -0.386 e. The van der Waals surface area contributed by atoms with E-state index in [-0.39, 0.29) is 0 Å². The number of likely N-dealkylation sites (tertiary alicyclic amines) is 1. The Morgan fingerprint density at radius 1 is 1.31 bits per heavy atom. The van der Waals surface area contributed by atoms with Gasteiger partial charge in [-0.05, 0) is 42.5 Å². The van der Waals surface area contributed by atoms with E-state index in [1.807, 2.05) is 7.05 Å². The van der Waals surface area contributed by atoms with Gasteiger partial charge in [-0.25, -0.2) is 0 Å². The lowest BCUT2D eigenvalue weighted by Gasteiger charge is -2.28. The smallest absolute Gasteiger partial charge is 0.0958 e. The molecule has 2 aliphatic heterocycles. The first-order chi connectivity index (χ1) is 12.7. The molecular formula is C19H25N6P. The third-order valence-corrected chi connectivity index (χ3v) is 5.46. The van der Waals surface area contributed by atoms with E-state index in [4.69, 9.17) is 0 Å². The second kappa shape index (κ2) is 7.60. The lowest BCUT2D eigenvalue weighted by atomic mass is 10.1. The molecule has 3 heterocycles. The summed E-state index contributed by atoms with van der Waals surface area (Å²) in [5, 5.41) is 11.4. The number of hydrogen-bond acceptors (Lipinski definition) is 6. The Labute approximate surface area is 156 Å². The summed E-state index contributed by atoms with van der Waals surface area (Å²) in [6.45, 7) is 3.78. The van der Waals surface area contributed by atoms with Gasteiger partial charge in [-0.3, -0.25) is 9.97 Å². The molecule has 0 amide bonds.